The van der Waals surface area contributed by atoms with Crippen LogP contribution < -0.4 is 26.6 Å². The van der Waals surface area contributed by atoms with Gasteiger partial charge in [-0.05, 0) is 31.6 Å². The highest BCUT2D eigenvalue weighted by molar-refractivity contribution is 5.94. The average molecular weight is 524 g/mol. The Morgan fingerprint density at radius 1 is 0.838 bits per heavy atom. The predicted octanol–water partition coefficient (Wildman–Crippen LogP) is 2.06. The van der Waals surface area contributed by atoms with Gasteiger partial charge in [0.1, 0.15) is 12.1 Å². The molecule has 0 unspecified atom stereocenters. The average Bonchev–Trinajstić information content (AvgIpc) is 2.83. The smallest absolute Gasteiger partial charge is 0.243 e. The molecule has 10 nitrogen and oxygen atoms in total. The van der Waals surface area contributed by atoms with Crippen LogP contribution >= 0.6 is 0 Å². The number of amides is 5. The molecular weight excluding hydrogens is 474 g/mol. The maximum atomic E-state index is 13.2. The topological polar surface area (TPSA) is 146 Å². The summed E-state index contributed by atoms with van der Waals surface area (Å²) in [5, 5.41) is 13.8. The summed E-state index contributed by atoms with van der Waals surface area (Å²) in [6.07, 6.45) is 10.2. The Labute approximate surface area is 222 Å². The van der Waals surface area contributed by atoms with Gasteiger partial charge in [-0.1, -0.05) is 65.7 Å². The molecule has 1 heterocycles. The van der Waals surface area contributed by atoms with Gasteiger partial charge in [-0.2, -0.15) is 0 Å². The number of nitrogens with one attached hydrogen (secondary N) is 5. The summed E-state index contributed by atoms with van der Waals surface area (Å²) in [6.45, 7) is 7.56. The van der Waals surface area contributed by atoms with E-state index in [0.29, 0.717) is 32.2 Å². The summed E-state index contributed by atoms with van der Waals surface area (Å²) in [4.78, 5) is 62.4. The second-order valence-corrected chi connectivity index (χ2v) is 10.4. The summed E-state index contributed by atoms with van der Waals surface area (Å²) in [6, 6.07) is -2.00. The van der Waals surface area contributed by atoms with Crippen LogP contribution in [0.1, 0.15) is 105 Å². The quantitative estimate of drug-likeness (QED) is 0.221. The number of carbonyl (C=O) groups excluding carboxylic acids is 5. The summed E-state index contributed by atoms with van der Waals surface area (Å²) in [7, 11) is 0. The minimum absolute atomic E-state index is 0.0835. The molecule has 0 aromatic heterocycles. The fourth-order valence-corrected chi connectivity index (χ4v) is 4.38. The van der Waals surface area contributed by atoms with E-state index >= 15 is 0 Å². The van der Waals surface area contributed by atoms with Crippen LogP contribution in [0.15, 0.2) is 0 Å². The minimum Gasteiger partial charge on any atom is -0.356 e. The molecule has 1 aliphatic heterocycles. The fraction of sp³-hybridized carbons (Fsp3) is 0.815. The highest BCUT2D eigenvalue weighted by Gasteiger charge is 2.30. The molecule has 0 aromatic rings. The van der Waals surface area contributed by atoms with Crippen molar-refractivity contribution in [2.24, 2.45) is 5.92 Å². The highest BCUT2D eigenvalue weighted by atomic mass is 16.2. The van der Waals surface area contributed by atoms with Crippen molar-refractivity contribution >= 4 is 29.5 Å². The lowest BCUT2D eigenvalue weighted by Crippen LogP contribution is -2.56. The van der Waals surface area contributed by atoms with Crippen LogP contribution in [-0.2, 0) is 24.0 Å². The van der Waals surface area contributed by atoms with Crippen LogP contribution in [0, 0.1) is 5.92 Å². The van der Waals surface area contributed by atoms with E-state index in [-0.39, 0.29) is 42.6 Å². The van der Waals surface area contributed by atoms with E-state index in [4.69, 9.17) is 0 Å². The molecule has 37 heavy (non-hydrogen) atoms. The van der Waals surface area contributed by atoms with Gasteiger partial charge in [0.25, 0.3) is 0 Å². The van der Waals surface area contributed by atoms with Crippen molar-refractivity contribution in [3.05, 3.63) is 0 Å². The Morgan fingerprint density at radius 2 is 1.49 bits per heavy atom. The van der Waals surface area contributed by atoms with Gasteiger partial charge in [0.2, 0.25) is 29.5 Å². The van der Waals surface area contributed by atoms with E-state index in [2.05, 4.69) is 33.5 Å². The summed E-state index contributed by atoms with van der Waals surface area (Å²) in [5.41, 5.74) is 0. The number of unbranched alkanes of at least 4 members (excludes halogenated alkanes) is 7. The number of hydrogen-bond acceptors (Lipinski definition) is 5. The molecule has 1 rings (SSSR count). The third-order valence-electron chi connectivity index (χ3n) is 6.57. The van der Waals surface area contributed by atoms with E-state index in [1.54, 1.807) is 0 Å². The molecule has 1 fully saturated rings. The van der Waals surface area contributed by atoms with Gasteiger partial charge in [-0.3, -0.25) is 24.0 Å². The van der Waals surface area contributed by atoms with Crippen LogP contribution in [0.4, 0.5) is 0 Å². The summed E-state index contributed by atoms with van der Waals surface area (Å²) < 4.78 is 0. The van der Waals surface area contributed by atoms with Crippen molar-refractivity contribution < 1.29 is 24.0 Å². The van der Waals surface area contributed by atoms with Gasteiger partial charge < -0.3 is 26.6 Å². The van der Waals surface area contributed by atoms with Crippen molar-refractivity contribution in [2.75, 3.05) is 13.1 Å². The Kier molecular flexibility index (Phi) is 16.3. The Bertz CT molecular complexity index is 743. The first kappa shape index (κ1) is 32.4. The molecule has 0 aromatic carbocycles. The van der Waals surface area contributed by atoms with Gasteiger partial charge in [0.05, 0.1) is 6.54 Å². The zero-order chi connectivity index (χ0) is 27.6. The molecule has 0 aliphatic carbocycles. The fourth-order valence-electron chi connectivity index (χ4n) is 4.38. The highest BCUT2D eigenvalue weighted by Crippen LogP contribution is 2.13. The molecule has 5 amide bonds. The SMILES string of the molecule is CCCCCCCCC[C@@H]1CC(=O)NCC(=O)N[C@@H](CCCCNC(C)=O)C(=O)N[C@@H](C(C)C)C(=O)N1. The van der Waals surface area contributed by atoms with E-state index in [1.165, 1.54) is 32.6 Å². The van der Waals surface area contributed by atoms with Crippen molar-refractivity contribution in [2.45, 2.75) is 123 Å². The lowest BCUT2D eigenvalue weighted by atomic mass is 9.99. The molecule has 5 N–H and O–H groups in total. The van der Waals surface area contributed by atoms with Crippen LogP contribution in [-0.4, -0.2) is 60.8 Å². The standard InChI is InChI=1S/C27H49N5O5/c1-5-6-7-8-9-10-11-14-21-17-23(34)29-18-24(35)31-22(15-12-13-16-28-20(4)33)26(36)32-25(19(2)3)27(37)30-21/h19,21-22,25H,5-18H2,1-4H3,(H,28,33)(H,29,34)(H,30,37)(H,31,35)(H,32,36)/t21-,22+,25+/m1/s1. The lowest BCUT2D eigenvalue weighted by Gasteiger charge is -2.27. The van der Waals surface area contributed by atoms with E-state index in [0.717, 1.165) is 19.3 Å². The van der Waals surface area contributed by atoms with Gasteiger partial charge in [-0.25, -0.2) is 0 Å². The van der Waals surface area contributed by atoms with Crippen LogP contribution in [0.25, 0.3) is 0 Å². The molecule has 10 heteroatoms. The van der Waals surface area contributed by atoms with E-state index < -0.39 is 23.9 Å². The first-order valence-corrected chi connectivity index (χ1v) is 14.0. The molecule has 0 bridgehead atoms. The van der Waals surface area contributed by atoms with Gasteiger partial charge in [-0.15, -0.1) is 0 Å². The van der Waals surface area contributed by atoms with Gasteiger partial charge >= 0.3 is 0 Å². The zero-order valence-electron chi connectivity index (χ0n) is 23.3. The predicted molar refractivity (Wildman–Crippen MR) is 143 cm³/mol. The maximum absolute atomic E-state index is 13.2. The second kappa shape index (κ2) is 18.6. The lowest BCUT2D eigenvalue weighted by molar-refractivity contribution is -0.133. The number of carbonyl (C=O) groups is 5. The van der Waals surface area contributed by atoms with Crippen LogP contribution in [0.3, 0.4) is 0 Å². The molecule has 0 saturated carbocycles. The van der Waals surface area contributed by atoms with Gasteiger partial charge in [0, 0.05) is 25.9 Å². The third kappa shape index (κ3) is 14.6. The minimum atomic E-state index is -0.847. The molecule has 1 saturated heterocycles. The third-order valence-corrected chi connectivity index (χ3v) is 6.57. The normalized spacial score (nSPS) is 21.6. The number of rotatable bonds is 14. The van der Waals surface area contributed by atoms with Crippen LogP contribution in [0.2, 0.25) is 0 Å². The van der Waals surface area contributed by atoms with E-state index in [1.807, 2.05) is 13.8 Å². The molecule has 0 spiro atoms. The molecule has 212 valence electrons. The van der Waals surface area contributed by atoms with E-state index in [9.17, 15) is 24.0 Å². The Balaban J connectivity index is 2.84. The Hall–Kier alpha value is -2.65. The van der Waals surface area contributed by atoms with Crippen molar-refractivity contribution in [1.82, 2.24) is 26.6 Å². The maximum Gasteiger partial charge on any atom is 0.243 e. The number of hydrogen-bond donors (Lipinski definition) is 5. The van der Waals surface area contributed by atoms with Gasteiger partial charge in [0.15, 0.2) is 0 Å². The van der Waals surface area contributed by atoms with Crippen molar-refractivity contribution in [1.29, 1.82) is 0 Å². The molecule has 3 atom stereocenters. The molecule has 1 aliphatic rings. The molecule has 0 radical (unpaired) electrons. The Morgan fingerprint density at radius 3 is 2.14 bits per heavy atom. The van der Waals surface area contributed by atoms with Crippen molar-refractivity contribution in [3.63, 3.8) is 0 Å². The first-order chi connectivity index (χ1) is 17.6. The monoisotopic (exact) mass is 523 g/mol. The largest absolute Gasteiger partial charge is 0.356 e. The van der Waals surface area contributed by atoms with Crippen LogP contribution in [0.5, 0.6) is 0 Å². The summed E-state index contributed by atoms with van der Waals surface area (Å²) in [5.74, 6) is -1.83. The second-order valence-electron chi connectivity index (χ2n) is 10.4. The van der Waals surface area contributed by atoms with Crippen molar-refractivity contribution in [3.8, 4) is 0 Å². The zero-order valence-corrected chi connectivity index (χ0v) is 23.3. The summed E-state index contributed by atoms with van der Waals surface area (Å²) >= 11 is 0. The first-order valence-electron chi connectivity index (χ1n) is 14.0. The molecular formula is C27H49N5O5.